The maximum atomic E-state index is 12.4. The third kappa shape index (κ3) is 28.2. The van der Waals surface area contributed by atoms with Gasteiger partial charge in [0.1, 0.15) is 12.6 Å². The van der Waals surface area contributed by atoms with E-state index < -0.39 is 5.97 Å². The first kappa shape index (κ1) is 36.4. The summed E-state index contributed by atoms with van der Waals surface area (Å²) < 4.78 is 5.72. The van der Waals surface area contributed by atoms with Crippen LogP contribution in [0.2, 0.25) is 0 Å². The van der Waals surface area contributed by atoms with E-state index in [1.54, 1.807) is 0 Å². The van der Waals surface area contributed by atoms with Gasteiger partial charge in [-0.1, -0.05) is 88.8 Å². The number of carboxylic acids is 1. The van der Waals surface area contributed by atoms with Crippen molar-refractivity contribution in [2.45, 2.75) is 136 Å². The molecule has 0 radical (unpaired) electrons. The molecular formula is C33H55NO5. The average Bonchev–Trinajstić information content (AvgIpc) is 2.91. The van der Waals surface area contributed by atoms with Gasteiger partial charge in [0.15, 0.2) is 0 Å². The lowest BCUT2D eigenvalue weighted by Crippen LogP contribution is -2.28. The molecule has 0 fully saturated rings. The summed E-state index contributed by atoms with van der Waals surface area (Å²) in [5, 5.41) is 11.0. The minimum Gasteiger partial charge on any atom is -0.480 e. The maximum Gasteiger partial charge on any atom is 0.322 e. The van der Waals surface area contributed by atoms with Gasteiger partial charge < -0.3 is 15.2 Å². The zero-order valence-electron chi connectivity index (χ0n) is 24.7. The number of carbonyl (C=O) groups excluding carboxylic acids is 2. The van der Waals surface area contributed by atoms with Crippen LogP contribution in [0.15, 0.2) is 48.6 Å². The molecule has 39 heavy (non-hydrogen) atoms. The second kappa shape index (κ2) is 28.4. The molecule has 222 valence electrons. The van der Waals surface area contributed by atoms with Gasteiger partial charge in [0.05, 0.1) is 0 Å². The second-order valence-electron chi connectivity index (χ2n) is 9.97. The van der Waals surface area contributed by atoms with E-state index in [-0.39, 0.29) is 24.5 Å². The molecule has 6 heteroatoms. The van der Waals surface area contributed by atoms with Crippen molar-refractivity contribution in [3.05, 3.63) is 48.6 Å². The topological polar surface area (TPSA) is 92.7 Å². The molecule has 1 unspecified atom stereocenters. The fraction of sp³-hybridized carbons (Fsp3) is 0.667. The van der Waals surface area contributed by atoms with E-state index in [4.69, 9.17) is 9.84 Å². The second-order valence-corrected chi connectivity index (χ2v) is 9.97. The summed E-state index contributed by atoms with van der Waals surface area (Å²) in [6.07, 6.45) is 34.2. The molecule has 0 aliphatic rings. The van der Waals surface area contributed by atoms with Crippen molar-refractivity contribution in [2.24, 2.45) is 0 Å². The first-order chi connectivity index (χ1) is 19.0. The van der Waals surface area contributed by atoms with Crippen molar-refractivity contribution < 1.29 is 24.2 Å². The van der Waals surface area contributed by atoms with E-state index in [9.17, 15) is 14.4 Å². The normalized spacial score (nSPS) is 12.7. The number of ether oxygens (including phenoxy) is 1. The van der Waals surface area contributed by atoms with Crippen molar-refractivity contribution in [2.75, 3.05) is 6.54 Å². The fourth-order valence-electron chi connectivity index (χ4n) is 3.93. The highest BCUT2D eigenvalue weighted by molar-refractivity contribution is 5.80. The summed E-state index contributed by atoms with van der Waals surface area (Å²) in [5.41, 5.74) is 0. The molecule has 2 N–H and O–H groups in total. The molecule has 0 aromatic rings. The zero-order chi connectivity index (χ0) is 28.8. The Labute approximate surface area is 238 Å². The predicted octanol–water partition coefficient (Wildman–Crippen LogP) is 8.39. The van der Waals surface area contributed by atoms with Crippen molar-refractivity contribution in [1.82, 2.24) is 5.32 Å². The molecule has 0 aromatic carbocycles. The van der Waals surface area contributed by atoms with E-state index in [0.717, 1.165) is 64.2 Å². The number of amides is 1. The van der Waals surface area contributed by atoms with Crippen LogP contribution in [0.5, 0.6) is 0 Å². The molecule has 6 nitrogen and oxygen atoms in total. The van der Waals surface area contributed by atoms with E-state index in [0.29, 0.717) is 12.8 Å². The monoisotopic (exact) mass is 545 g/mol. The zero-order valence-corrected chi connectivity index (χ0v) is 24.7. The first-order valence-electron chi connectivity index (χ1n) is 15.3. The number of unbranched alkanes of at least 4 members (excludes halogenated alkanes) is 11. The molecule has 0 aliphatic carbocycles. The summed E-state index contributed by atoms with van der Waals surface area (Å²) in [5.74, 6) is -1.42. The van der Waals surface area contributed by atoms with Crippen molar-refractivity contribution in [3.63, 3.8) is 0 Å². The largest absolute Gasteiger partial charge is 0.480 e. The number of carboxylic acid groups (broad SMARTS) is 1. The third-order valence-electron chi connectivity index (χ3n) is 6.20. The minimum absolute atomic E-state index is 0.152. The highest BCUT2D eigenvalue weighted by Crippen LogP contribution is 2.11. The summed E-state index contributed by atoms with van der Waals surface area (Å²) in [4.78, 5) is 34.4. The van der Waals surface area contributed by atoms with Crippen LogP contribution in [0.3, 0.4) is 0 Å². The molecular weight excluding hydrogens is 490 g/mol. The Morgan fingerprint density at radius 1 is 0.692 bits per heavy atom. The Bertz CT molecular complexity index is 738. The highest BCUT2D eigenvalue weighted by atomic mass is 16.5. The SMILES string of the molecule is CC/C=C\C/C=C\C(/C=C\CCCCCC(=O)NCC(=O)O)OC(=O)CCCCCCC/C=C\CCCCC. The number of hydrogen-bond acceptors (Lipinski definition) is 4. The number of nitrogens with one attached hydrogen (secondary N) is 1. The minimum atomic E-state index is -1.04. The van der Waals surface area contributed by atoms with Crippen LogP contribution in [0, 0.1) is 0 Å². The summed E-state index contributed by atoms with van der Waals surface area (Å²) >= 11 is 0. The molecule has 0 aromatic heterocycles. The van der Waals surface area contributed by atoms with Gasteiger partial charge >= 0.3 is 11.9 Å². The van der Waals surface area contributed by atoms with Crippen LogP contribution >= 0.6 is 0 Å². The first-order valence-corrected chi connectivity index (χ1v) is 15.3. The number of hydrogen-bond donors (Lipinski definition) is 2. The summed E-state index contributed by atoms with van der Waals surface area (Å²) in [6.45, 7) is 4.00. The van der Waals surface area contributed by atoms with Crippen molar-refractivity contribution in [1.29, 1.82) is 0 Å². The Kier molecular flexibility index (Phi) is 26.5. The average molecular weight is 546 g/mol. The quantitative estimate of drug-likeness (QED) is 0.0647. The van der Waals surface area contributed by atoms with Crippen LogP contribution in [0.4, 0.5) is 0 Å². The molecule has 0 spiro atoms. The van der Waals surface area contributed by atoms with Gasteiger partial charge in [0.2, 0.25) is 5.91 Å². The lowest BCUT2D eigenvalue weighted by atomic mass is 10.1. The van der Waals surface area contributed by atoms with E-state index in [1.807, 2.05) is 24.3 Å². The predicted molar refractivity (Wildman–Crippen MR) is 162 cm³/mol. The highest BCUT2D eigenvalue weighted by Gasteiger charge is 2.08. The molecule has 0 aliphatic heterocycles. The maximum absolute atomic E-state index is 12.4. The van der Waals surface area contributed by atoms with Gasteiger partial charge in [0, 0.05) is 12.8 Å². The van der Waals surface area contributed by atoms with Gasteiger partial charge in [-0.25, -0.2) is 0 Å². The lowest BCUT2D eigenvalue weighted by Gasteiger charge is -2.11. The van der Waals surface area contributed by atoms with Gasteiger partial charge in [0.25, 0.3) is 0 Å². The molecule has 0 heterocycles. The summed E-state index contributed by atoms with van der Waals surface area (Å²) in [7, 11) is 0. The molecule has 0 saturated carbocycles. The van der Waals surface area contributed by atoms with Crippen LogP contribution in [-0.2, 0) is 19.1 Å². The van der Waals surface area contributed by atoms with E-state index in [1.165, 1.54) is 38.5 Å². The Hall–Kier alpha value is -2.63. The van der Waals surface area contributed by atoms with Crippen molar-refractivity contribution in [3.8, 4) is 0 Å². The molecule has 0 bridgehead atoms. The van der Waals surface area contributed by atoms with Crippen LogP contribution in [-0.4, -0.2) is 35.6 Å². The standard InChI is InChI=1S/C33H55NO5/c1-3-5-7-9-10-11-12-13-14-15-20-24-28-33(38)39-30(25-21-17-8-6-4-2)26-22-18-16-19-23-27-31(35)34-29-32(36)37/h6,8,10-11,21-22,25-26,30H,3-5,7,9,12-20,23-24,27-29H2,1-2H3,(H,34,35)(H,36,37)/b8-6-,11-10-,25-21-,26-22-. The smallest absolute Gasteiger partial charge is 0.322 e. The van der Waals surface area contributed by atoms with Gasteiger partial charge in [-0.3, -0.25) is 14.4 Å². The van der Waals surface area contributed by atoms with Gasteiger partial charge in [-0.2, -0.15) is 0 Å². The van der Waals surface area contributed by atoms with E-state index in [2.05, 4.69) is 43.5 Å². The van der Waals surface area contributed by atoms with E-state index >= 15 is 0 Å². The number of esters is 1. The molecule has 0 saturated heterocycles. The third-order valence-corrected chi connectivity index (χ3v) is 6.20. The Morgan fingerprint density at radius 3 is 1.97 bits per heavy atom. The Morgan fingerprint density at radius 2 is 1.28 bits per heavy atom. The van der Waals surface area contributed by atoms with Crippen LogP contribution < -0.4 is 5.32 Å². The van der Waals surface area contributed by atoms with Crippen molar-refractivity contribution >= 4 is 17.8 Å². The number of carbonyl (C=O) groups is 3. The molecule has 1 amide bonds. The number of aliphatic carboxylic acids is 1. The molecule has 1 atom stereocenters. The van der Waals surface area contributed by atoms with Crippen LogP contribution in [0.1, 0.15) is 129 Å². The lowest BCUT2D eigenvalue weighted by molar-refractivity contribution is -0.145. The summed E-state index contributed by atoms with van der Waals surface area (Å²) in [6, 6.07) is 0. The number of rotatable bonds is 26. The fourth-order valence-corrected chi connectivity index (χ4v) is 3.93. The Balaban J connectivity index is 4.20. The van der Waals surface area contributed by atoms with Gasteiger partial charge in [-0.15, -0.1) is 0 Å². The van der Waals surface area contributed by atoms with Crippen LogP contribution in [0.25, 0.3) is 0 Å². The number of allylic oxidation sites excluding steroid dienone is 6. The molecule has 0 rings (SSSR count). The van der Waals surface area contributed by atoms with Gasteiger partial charge in [-0.05, 0) is 76.4 Å².